The molecule has 1 aromatic rings. The van der Waals surface area contributed by atoms with Crippen LogP contribution >= 0.6 is 0 Å². The molecule has 1 N–H and O–H groups in total. The third-order valence-corrected chi connectivity index (χ3v) is 6.49. The van der Waals surface area contributed by atoms with Gasteiger partial charge in [0.2, 0.25) is 0 Å². The van der Waals surface area contributed by atoms with E-state index in [1.807, 2.05) is 6.92 Å². The fourth-order valence-corrected chi connectivity index (χ4v) is 4.43. The van der Waals surface area contributed by atoms with Crippen molar-refractivity contribution in [2.45, 2.75) is 44.9 Å². The Balaban J connectivity index is 1.77. The molecule has 114 valence electrons. The number of aryl methyl sites for hydroxylation is 1. The summed E-state index contributed by atoms with van der Waals surface area (Å²) < 4.78 is 24.5. The highest BCUT2D eigenvalue weighted by Crippen LogP contribution is 2.57. The van der Waals surface area contributed by atoms with Crippen LogP contribution < -0.4 is 4.83 Å². The average Bonchev–Trinajstić information content (AvgIpc) is 2.45. The van der Waals surface area contributed by atoms with Gasteiger partial charge in [0, 0.05) is 11.6 Å². The van der Waals surface area contributed by atoms with E-state index in [2.05, 4.69) is 23.8 Å². The Kier molecular flexibility index (Phi) is 3.35. The van der Waals surface area contributed by atoms with Crippen molar-refractivity contribution in [3.05, 3.63) is 29.8 Å². The first-order valence-corrected chi connectivity index (χ1v) is 8.94. The summed E-state index contributed by atoms with van der Waals surface area (Å²) in [6.07, 6.45) is 3.18. The first-order valence-electron chi connectivity index (χ1n) is 7.45. The second kappa shape index (κ2) is 4.83. The molecule has 0 aromatic heterocycles. The fourth-order valence-electron chi connectivity index (χ4n) is 3.59. The van der Waals surface area contributed by atoms with Crippen molar-refractivity contribution in [2.24, 2.45) is 22.4 Å². The molecule has 0 spiro atoms. The van der Waals surface area contributed by atoms with E-state index < -0.39 is 10.0 Å². The second-order valence-corrected chi connectivity index (χ2v) is 8.52. The summed E-state index contributed by atoms with van der Waals surface area (Å²) >= 11 is 0. The van der Waals surface area contributed by atoms with E-state index in [1.165, 1.54) is 0 Å². The smallest absolute Gasteiger partial charge is 0.200 e. The molecule has 0 aliphatic heterocycles. The second-order valence-electron chi connectivity index (χ2n) is 6.86. The maximum Gasteiger partial charge on any atom is 0.276 e. The van der Waals surface area contributed by atoms with Crippen LogP contribution in [-0.2, 0) is 10.0 Å². The number of benzene rings is 1. The SMILES string of the molecule is Cc1ccc(S(=O)(=O)N/N=C2\CC[C@H]3C[C@@H]2C3(C)C)cc1. The van der Waals surface area contributed by atoms with Crippen LogP contribution in [0, 0.1) is 24.2 Å². The number of hydrogen-bond acceptors (Lipinski definition) is 3. The molecule has 0 amide bonds. The molecule has 2 bridgehead atoms. The minimum atomic E-state index is -3.56. The van der Waals surface area contributed by atoms with Gasteiger partial charge in [-0.1, -0.05) is 31.5 Å². The Labute approximate surface area is 126 Å². The van der Waals surface area contributed by atoms with Gasteiger partial charge in [-0.25, -0.2) is 4.83 Å². The van der Waals surface area contributed by atoms with E-state index in [0.29, 0.717) is 5.92 Å². The van der Waals surface area contributed by atoms with Gasteiger partial charge in [0.25, 0.3) is 10.0 Å². The molecule has 3 aliphatic rings. The van der Waals surface area contributed by atoms with Crippen molar-refractivity contribution in [3.8, 4) is 0 Å². The van der Waals surface area contributed by atoms with Crippen LogP contribution in [0.4, 0.5) is 0 Å². The Morgan fingerprint density at radius 2 is 1.90 bits per heavy atom. The number of hydrogen-bond donors (Lipinski definition) is 1. The highest BCUT2D eigenvalue weighted by atomic mass is 32.2. The molecule has 0 heterocycles. The molecule has 3 aliphatic carbocycles. The predicted octanol–water partition coefficient (Wildman–Crippen LogP) is 3.09. The van der Waals surface area contributed by atoms with Crippen molar-refractivity contribution >= 4 is 15.7 Å². The highest BCUT2D eigenvalue weighted by molar-refractivity contribution is 7.89. The number of nitrogens with one attached hydrogen (secondary N) is 1. The highest BCUT2D eigenvalue weighted by Gasteiger charge is 2.53. The Bertz CT molecular complexity index is 673. The summed E-state index contributed by atoms with van der Waals surface area (Å²) in [5.41, 5.74) is 2.32. The molecule has 21 heavy (non-hydrogen) atoms. The summed E-state index contributed by atoms with van der Waals surface area (Å²) in [7, 11) is -3.56. The van der Waals surface area contributed by atoms with Crippen LogP contribution in [0.5, 0.6) is 0 Å². The monoisotopic (exact) mass is 306 g/mol. The minimum Gasteiger partial charge on any atom is -0.200 e. The quantitative estimate of drug-likeness (QED) is 0.872. The minimum absolute atomic E-state index is 0.263. The van der Waals surface area contributed by atoms with Crippen LogP contribution in [-0.4, -0.2) is 14.1 Å². The third kappa shape index (κ3) is 2.48. The molecule has 3 saturated carbocycles. The first-order chi connectivity index (χ1) is 9.80. The summed E-state index contributed by atoms with van der Waals surface area (Å²) in [6.45, 7) is 6.45. The van der Waals surface area contributed by atoms with Crippen molar-refractivity contribution < 1.29 is 8.42 Å². The Morgan fingerprint density at radius 3 is 2.48 bits per heavy atom. The zero-order chi connectivity index (χ0) is 15.3. The Morgan fingerprint density at radius 1 is 1.24 bits per heavy atom. The van der Waals surface area contributed by atoms with E-state index in [-0.39, 0.29) is 10.3 Å². The maximum atomic E-state index is 12.2. The lowest BCUT2D eigenvalue weighted by Gasteiger charge is -2.56. The number of fused-ring (bicyclic) bond motifs is 2. The largest absolute Gasteiger partial charge is 0.276 e. The molecule has 0 saturated heterocycles. The average molecular weight is 306 g/mol. The van der Waals surface area contributed by atoms with E-state index in [9.17, 15) is 8.42 Å². The van der Waals surface area contributed by atoms with Gasteiger partial charge in [-0.3, -0.25) is 0 Å². The molecular weight excluding hydrogens is 284 g/mol. The lowest BCUT2D eigenvalue weighted by atomic mass is 9.48. The van der Waals surface area contributed by atoms with Gasteiger partial charge in [0.1, 0.15) is 0 Å². The maximum absolute atomic E-state index is 12.2. The van der Waals surface area contributed by atoms with E-state index in [4.69, 9.17) is 0 Å². The lowest BCUT2D eigenvalue weighted by Crippen LogP contribution is -2.53. The van der Waals surface area contributed by atoms with Crippen LogP contribution in [0.25, 0.3) is 0 Å². The number of sulfonamides is 1. The van der Waals surface area contributed by atoms with Gasteiger partial charge >= 0.3 is 0 Å². The van der Waals surface area contributed by atoms with Crippen molar-refractivity contribution in [1.29, 1.82) is 0 Å². The van der Waals surface area contributed by atoms with Crippen LogP contribution in [0.15, 0.2) is 34.3 Å². The van der Waals surface area contributed by atoms with Gasteiger partial charge in [0.15, 0.2) is 0 Å². The molecule has 0 radical (unpaired) electrons. The molecule has 0 unspecified atom stereocenters. The van der Waals surface area contributed by atoms with Crippen molar-refractivity contribution in [2.75, 3.05) is 0 Å². The van der Waals surface area contributed by atoms with Crippen LogP contribution in [0.2, 0.25) is 0 Å². The number of hydrazone groups is 1. The van der Waals surface area contributed by atoms with Crippen molar-refractivity contribution in [3.63, 3.8) is 0 Å². The van der Waals surface area contributed by atoms with E-state index >= 15 is 0 Å². The van der Waals surface area contributed by atoms with Crippen LogP contribution in [0.1, 0.15) is 38.7 Å². The van der Waals surface area contributed by atoms with Gasteiger partial charge < -0.3 is 0 Å². The molecule has 3 fully saturated rings. The van der Waals surface area contributed by atoms with Crippen LogP contribution in [0.3, 0.4) is 0 Å². The van der Waals surface area contributed by atoms with Gasteiger partial charge in [-0.05, 0) is 49.7 Å². The predicted molar refractivity (Wildman–Crippen MR) is 83.5 cm³/mol. The lowest BCUT2D eigenvalue weighted by molar-refractivity contribution is 0.00121. The molecular formula is C16H22N2O2S. The summed E-state index contributed by atoms with van der Waals surface area (Å²) in [5, 5.41) is 4.25. The molecule has 2 atom stereocenters. The molecule has 4 nitrogen and oxygen atoms in total. The van der Waals surface area contributed by atoms with Gasteiger partial charge in [0.05, 0.1) is 4.90 Å². The number of nitrogens with zero attached hydrogens (tertiary/aromatic N) is 1. The third-order valence-electron chi connectivity index (χ3n) is 5.26. The molecule has 4 rings (SSSR count). The zero-order valence-corrected chi connectivity index (χ0v) is 13.6. The number of rotatable bonds is 3. The summed E-state index contributed by atoms with van der Waals surface area (Å²) in [6, 6.07) is 6.81. The Hall–Kier alpha value is -1.36. The fraction of sp³-hybridized carbons (Fsp3) is 0.562. The normalized spacial score (nSPS) is 29.0. The topological polar surface area (TPSA) is 58.5 Å². The standard InChI is InChI=1S/C16H22N2O2S/c1-11-4-7-13(8-5-11)21(19,20)18-17-15-9-6-12-10-14(15)16(12,2)3/h4-5,7-8,12,14,18H,6,9-10H2,1-3H3/b17-15+/t12-,14-/m0/s1. The molecule has 5 heteroatoms. The van der Waals surface area contributed by atoms with Gasteiger partial charge in [-0.15, -0.1) is 0 Å². The zero-order valence-electron chi connectivity index (χ0n) is 12.8. The summed E-state index contributed by atoms with van der Waals surface area (Å²) in [4.78, 5) is 2.68. The molecule has 1 aromatic carbocycles. The van der Waals surface area contributed by atoms with E-state index in [0.717, 1.165) is 36.5 Å². The van der Waals surface area contributed by atoms with Crippen molar-refractivity contribution in [1.82, 2.24) is 4.83 Å². The summed E-state index contributed by atoms with van der Waals surface area (Å²) in [5.74, 6) is 1.20. The van der Waals surface area contributed by atoms with Gasteiger partial charge in [-0.2, -0.15) is 13.5 Å². The van der Waals surface area contributed by atoms with E-state index in [1.54, 1.807) is 24.3 Å². The first kappa shape index (κ1) is 14.6.